The number of anilines is 4. The predicted molar refractivity (Wildman–Crippen MR) is 369 cm³/mol. The maximum atomic E-state index is 5.32. The molecule has 2 aromatic heterocycles. The third-order valence-electron chi connectivity index (χ3n) is 18.9. The van der Waals surface area contributed by atoms with Gasteiger partial charge in [-0.05, 0) is 121 Å². The molecule has 0 aliphatic carbocycles. The van der Waals surface area contributed by atoms with Crippen LogP contribution in [0.4, 0.5) is 22.7 Å². The fraction of sp³-hybridized carbons (Fsp3) is 0.214. The Morgan fingerprint density at radius 1 is 0.360 bits per heavy atom. The topological polar surface area (TPSA) is 24.3 Å². The van der Waals surface area contributed by atoms with E-state index in [4.69, 9.17) is 4.98 Å². The van der Waals surface area contributed by atoms with Crippen LogP contribution in [0.2, 0.25) is 0 Å². The van der Waals surface area contributed by atoms with Gasteiger partial charge in [-0.2, -0.15) is 35.9 Å². The van der Waals surface area contributed by atoms with E-state index in [-0.39, 0.29) is 42.7 Å². The van der Waals surface area contributed by atoms with Crippen LogP contribution in [-0.2, 0) is 53.6 Å². The Kier molecular flexibility index (Phi) is 15.8. The summed E-state index contributed by atoms with van der Waals surface area (Å²) in [7, 11) is 0. The number of hydrogen-bond donors (Lipinski definition) is 0. The third kappa shape index (κ3) is 10.8. The molecule has 0 radical (unpaired) electrons. The van der Waals surface area contributed by atoms with E-state index in [0.29, 0.717) is 0 Å². The predicted octanol–water partition coefficient (Wildman–Crippen LogP) is 21.1. The van der Waals surface area contributed by atoms with Gasteiger partial charge in [0.15, 0.2) is 0 Å². The molecule has 0 spiro atoms. The summed E-state index contributed by atoms with van der Waals surface area (Å²) in [5.74, 6) is 0.834. The van der Waals surface area contributed by atoms with Crippen LogP contribution < -0.4 is 9.80 Å². The molecule has 10 aromatic carbocycles. The summed E-state index contributed by atoms with van der Waals surface area (Å²) in [4.78, 5) is 10.1. The fourth-order valence-electron chi connectivity index (χ4n) is 13.5. The van der Waals surface area contributed by atoms with Gasteiger partial charge in [0.2, 0.25) is 0 Å². The number of nitrogens with zero attached hydrogens (tertiary/aromatic N) is 4. The number of pyridine rings is 1. The molecule has 89 heavy (non-hydrogen) atoms. The van der Waals surface area contributed by atoms with Crippen molar-refractivity contribution in [1.82, 2.24) is 9.55 Å². The minimum atomic E-state index is -0.940. The number of aromatic nitrogens is 2. The van der Waals surface area contributed by atoms with Gasteiger partial charge in [-0.15, -0.1) is 34.9 Å². The summed E-state index contributed by atoms with van der Waals surface area (Å²) in [5, 5.41) is 2.22. The minimum Gasteiger partial charge on any atom is -0.493 e. The van der Waals surface area contributed by atoms with Crippen LogP contribution in [0.3, 0.4) is 0 Å². The van der Waals surface area contributed by atoms with Crippen molar-refractivity contribution in [3.8, 4) is 5.82 Å². The Balaban J connectivity index is 0.00000769. The second-order valence-electron chi connectivity index (χ2n) is 28.0. The Hall–Kier alpha value is -8.56. The summed E-state index contributed by atoms with van der Waals surface area (Å²) >= 11 is 0. The molecule has 0 saturated heterocycles. The van der Waals surface area contributed by atoms with E-state index in [9.17, 15) is 0 Å². The standard InChI is InChI=1S/C84H79N4.Pt/c1-79(2,3)66-48-67(80(4,5)6)51-70(50-66)86-57-87(76-41-29-28-40-75(76)86)71-52-68(81(7,8)9)49-69(53-71)84(61-36-24-16-25-37-61,62-38-26-17-27-39-62)65-42-44-72-73-54-64(83(12,59-32-20-14-21-33-59)60-34-22-15-23-35-60)43-45-74(73)88(77(72)55-65)78-56-63(46-47-85-78)82(10,11)58-30-18-13-19-31-58;/h13-52,54,56-57H,1-12H3;/q-3;. The van der Waals surface area contributed by atoms with E-state index in [0.717, 1.165) is 72.6 Å². The summed E-state index contributed by atoms with van der Waals surface area (Å²) in [6.45, 7) is 30.1. The largest absolute Gasteiger partial charge is 0.493 e. The number of fused-ring (bicyclic) bond motifs is 4. The Labute approximate surface area is 543 Å². The zero-order valence-electron chi connectivity index (χ0n) is 53.4. The Bertz CT molecular complexity index is 4400. The number of hydrogen-bond acceptors (Lipinski definition) is 3. The molecule has 0 N–H and O–H groups in total. The van der Waals surface area contributed by atoms with E-state index < -0.39 is 10.8 Å². The zero-order valence-corrected chi connectivity index (χ0v) is 55.7. The van der Waals surface area contributed by atoms with Gasteiger partial charge < -0.3 is 14.4 Å². The SMILES string of the molecule is CC(C)(C)c1cc(N2[CH-]N(c3cc(C(C)(C)C)cc(C(C)(C)C)c3)c3ccccc32)[c-]c(C(c2[c-]c3c(cc2)c2cc(C(C)(c4ccccc4)c4ccccc4)ccc2n3-c2cc(C(C)(C)c3ccccc3)ccn2)(c2ccccc2)c2ccccc2)c1.[Pt]. The maximum Gasteiger partial charge on any atom is 0.135 e. The smallest absolute Gasteiger partial charge is 0.135 e. The van der Waals surface area contributed by atoms with Gasteiger partial charge in [-0.1, -0.05) is 264 Å². The molecule has 0 fully saturated rings. The van der Waals surface area contributed by atoms with Crippen LogP contribution >= 0.6 is 0 Å². The maximum absolute atomic E-state index is 5.32. The van der Waals surface area contributed by atoms with Gasteiger partial charge in [0.1, 0.15) is 5.82 Å². The van der Waals surface area contributed by atoms with E-state index in [2.05, 4.69) is 365 Å². The van der Waals surface area contributed by atoms with Gasteiger partial charge >= 0.3 is 0 Å². The first-order chi connectivity index (χ1) is 42.1. The first-order valence-electron chi connectivity index (χ1n) is 31.2. The van der Waals surface area contributed by atoms with E-state index in [1.54, 1.807) is 0 Å². The van der Waals surface area contributed by atoms with E-state index >= 15 is 0 Å². The molecular weight excluding hydrogens is 1260 g/mol. The molecule has 13 rings (SSSR count). The average molecular weight is 1340 g/mol. The molecule has 5 heteroatoms. The summed E-state index contributed by atoms with van der Waals surface area (Å²) in [6, 6.07) is 101. The molecule has 0 atom stereocenters. The van der Waals surface area contributed by atoms with Crippen LogP contribution in [0.1, 0.15) is 150 Å². The number of rotatable bonds is 12. The van der Waals surface area contributed by atoms with Crippen LogP contribution in [0, 0.1) is 18.8 Å². The van der Waals surface area contributed by atoms with Crippen LogP contribution in [0.25, 0.3) is 27.6 Å². The number of benzene rings is 10. The van der Waals surface area contributed by atoms with Gasteiger partial charge in [0, 0.05) is 66.1 Å². The zero-order chi connectivity index (χ0) is 61.4. The van der Waals surface area contributed by atoms with Crippen molar-refractivity contribution in [3.63, 3.8) is 0 Å². The minimum absolute atomic E-state index is 0. The van der Waals surface area contributed by atoms with Crippen molar-refractivity contribution >= 4 is 44.6 Å². The average Bonchev–Trinajstić information content (AvgIpc) is 1.71. The molecule has 4 nitrogen and oxygen atoms in total. The molecule has 1 aliphatic rings. The molecular formula is C84H79N4Pt-3. The molecule has 0 saturated carbocycles. The summed E-state index contributed by atoms with van der Waals surface area (Å²) in [6.07, 6.45) is 1.99. The van der Waals surface area contributed by atoms with Gasteiger partial charge in [-0.3, -0.25) is 0 Å². The first kappa shape index (κ1) is 60.7. The molecule has 3 heterocycles. The van der Waals surface area contributed by atoms with Crippen molar-refractivity contribution in [2.75, 3.05) is 9.80 Å². The molecule has 0 amide bonds. The van der Waals surface area contributed by atoms with Crippen LogP contribution in [-0.4, -0.2) is 9.55 Å². The van der Waals surface area contributed by atoms with Crippen molar-refractivity contribution in [2.45, 2.75) is 116 Å². The van der Waals surface area contributed by atoms with Crippen molar-refractivity contribution < 1.29 is 21.1 Å². The first-order valence-corrected chi connectivity index (χ1v) is 31.2. The monoisotopic (exact) mass is 1340 g/mol. The van der Waals surface area contributed by atoms with Gasteiger partial charge in [0.05, 0.1) is 0 Å². The molecule has 12 aromatic rings. The van der Waals surface area contributed by atoms with E-state index in [1.165, 1.54) is 44.5 Å². The summed E-state index contributed by atoms with van der Waals surface area (Å²) < 4.78 is 2.37. The normalized spacial score (nSPS) is 13.2. The molecule has 0 unspecified atom stereocenters. The molecule has 1 aliphatic heterocycles. The van der Waals surface area contributed by atoms with Crippen LogP contribution in [0.5, 0.6) is 0 Å². The van der Waals surface area contributed by atoms with E-state index in [1.807, 2.05) is 6.20 Å². The fourth-order valence-corrected chi connectivity index (χ4v) is 13.5. The van der Waals surface area contributed by atoms with Crippen molar-refractivity contribution in [1.29, 1.82) is 0 Å². The quantitative estimate of drug-likeness (QED) is 0.0900. The Morgan fingerprint density at radius 3 is 1.37 bits per heavy atom. The van der Waals surface area contributed by atoms with Crippen molar-refractivity contribution in [2.24, 2.45) is 0 Å². The van der Waals surface area contributed by atoms with Crippen LogP contribution in [0.15, 0.2) is 255 Å². The van der Waals surface area contributed by atoms with Crippen molar-refractivity contribution in [3.05, 3.63) is 340 Å². The Morgan fingerprint density at radius 2 is 0.843 bits per heavy atom. The second-order valence-corrected chi connectivity index (χ2v) is 28.0. The molecule has 448 valence electrons. The number of para-hydroxylation sites is 2. The third-order valence-corrected chi connectivity index (χ3v) is 18.9. The summed E-state index contributed by atoms with van der Waals surface area (Å²) in [5.41, 5.74) is 18.4. The second kappa shape index (κ2) is 23.1. The van der Waals surface area contributed by atoms with Gasteiger partial charge in [-0.25, -0.2) is 4.98 Å². The van der Waals surface area contributed by atoms with Gasteiger partial charge in [0.25, 0.3) is 0 Å². The molecule has 0 bridgehead atoms.